The van der Waals surface area contributed by atoms with E-state index in [1.54, 1.807) is 0 Å². The minimum atomic E-state index is -2.96. The number of benzene rings is 4. The minimum absolute atomic E-state index is 0.384. The van der Waals surface area contributed by atoms with Gasteiger partial charge in [0.05, 0.1) is 0 Å². The molecule has 4 aromatic carbocycles. The molecular weight excluding hydrogens is 702 g/mol. The summed E-state index contributed by atoms with van der Waals surface area (Å²) in [4.78, 5) is 25.8. The Kier molecular flexibility index (Phi) is 11.9. The average Bonchev–Trinajstić information content (AvgIpc) is 2.95. The molecule has 0 saturated heterocycles. The van der Waals surface area contributed by atoms with Gasteiger partial charge in [-0.3, -0.25) is 0 Å². The molecule has 0 spiro atoms. The number of hydrogen-bond acceptors (Lipinski definition) is 5. The van der Waals surface area contributed by atoms with E-state index in [2.05, 4.69) is 0 Å². The van der Waals surface area contributed by atoms with E-state index >= 15 is 0 Å². The third kappa shape index (κ3) is 10.5. The molecule has 0 amide bonds. The van der Waals surface area contributed by atoms with E-state index in [1.165, 1.54) is 0 Å². The average molecular weight is 736 g/mol. The molecule has 0 fully saturated rings. The summed E-state index contributed by atoms with van der Waals surface area (Å²) in [7, 11) is 0. The Bertz CT molecular complexity index is 1200. The van der Waals surface area contributed by atoms with Gasteiger partial charge in [0.15, 0.2) is 0 Å². The van der Waals surface area contributed by atoms with Crippen molar-refractivity contribution in [2.45, 2.75) is 30.3 Å². The molecule has 0 aliphatic carbocycles. The van der Waals surface area contributed by atoms with Crippen LogP contribution in [-0.2, 0) is 33.5 Å². The molecule has 4 rings (SSSR count). The molecule has 5 nitrogen and oxygen atoms in total. The Morgan fingerprint density at radius 3 is 1.18 bits per heavy atom. The summed E-state index contributed by atoms with van der Waals surface area (Å²) in [5.41, 5.74) is 4.52. The molecular formula is C32H34O5Sn2. The van der Waals surface area contributed by atoms with E-state index in [-0.39, 0.29) is 6.42 Å². The van der Waals surface area contributed by atoms with E-state index < -0.39 is 58.4 Å². The predicted molar refractivity (Wildman–Crippen MR) is 158 cm³/mol. The number of carbonyl (C=O) groups is 2. The van der Waals surface area contributed by atoms with E-state index in [4.69, 9.17) is 6.15 Å². The summed E-state index contributed by atoms with van der Waals surface area (Å²) in [6.07, 6.45) is -1.91. The number of carbonyl (C=O) groups excluding carboxylic acids is 2. The number of rotatable bonds is 13. The van der Waals surface area contributed by atoms with Crippen LogP contribution in [0.3, 0.4) is 0 Å². The molecule has 200 valence electrons. The van der Waals surface area contributed by atoms with Crippen LogP contribution in [0.4, 0.5) is 0 Å². The van der Waals surface area contributed by atoms with Crippen molar-refractivity contribution in [3.63, 3.8) is 0 Å². The summed E-state index contributed by atoms with van der Waals surface area (Å²) in [6.45, 7) is 0. The van der Waals surface area contributed by atoms with Gasteiger partial charge in [-0.25, -0.2) is 0 Å². The first-order valence-corrected chi connectivity index (χ1v) is 25.3. The molecule has 0 bridgehead atoms. The molecule has 0 radical (unpaired) electrons. The van der Waals surface area contributed by atoms with Crippen LogP contribution in [0.2, 0.25) is 0 Å². The summed E-state index contributed by atoms with van der Waals surface area (Å²) >= 11 is -5.85. The predicted octanol–water partition coefficient (Wildman–Crippen LogP) is 4.40. The van der Waals surface area contributed by atoms with Gasteiger partial charge in [-0.05, 0) is 0 Å². The van der Waals surface area contributed by atoms with Gasteiger partial charge in [0.25, 0.3) is 0 Å². The van der Waals surface area contributed by atoms with Crippen molar-refractivity contribution in [2.24, 2.45) is 0 Å². The number of aliphatic hydroxyl groups is 1. The molecule has 0 aliphatic rings. The second-order valence-corrected chi connectivity index (χ2v) is 22.8. The van der Waals surface area contributed by atoms with Gasteiger partial charge in [-0.15, -0.1) is 0 Å². The zero-order valence-electron chi connectivity index (χ0n) is 21.9. The molecule has 1 N–H and O–H groups in total. The standard InChI is InChI=1S/4C7H7.C4H6O5.2Sn.2H/c4*1-7-5-3-2-4-6-7;5-2(4(8)9)1-3(6)7;;;;/h4*2-6H,1H2;2,5H,1H2,(H,6,7)(H,8,9);;;;/q;;;;;2*+1;;/p-2. The molecule has 1 atom stereocenters. The molecule has 4 aromatic rings. The maximum absolute atomic E-state index is 12.9. The van der Waals surface area contributed by atoms with Crippen LogP contribution in [-0.4, -0.2) is 63.5 Å². The summed E-state index contributed by atoms with van der Waals surface area (Å²) in [5, 5.41) is 10.6. The zero-order chi connectivity index (χ0) is 27.3. The quantitative estimate of drug-likeness (QED) is 0.207. The van der Waals surface area contributed by atoms with Crippen molar-refractivity contribution in [1.82, 2.24) is 0 Å². The van der Waals surface area contributed by atoms with E-state index in [0.717, 1.165) is 31.1 Å². The molecule has 7 heteroatoms. The Balaban J connectivity index is 1.37. The van der Waals surface area contributed by atoms with Crippen molar-refractivity contribution in [3.05, 3.63) is 144 Å². The summed E-state index contributed by atoms with van der Waals surface area (Å²) in [5.74, 6) is -1.23. The Morgan fingerprint density at radius 2 is 0.846 bits per heavy atom. The van der Waals surface area contributed by atoms with Crippen molar-refractivity contribution in [2.75, 3.05) is 0 Å². The van der Waals surface area contributed by atoms with Crippen LogP contribution in [0.5, 0.6) is 0 Å². The Hall–Kier alpha value is -2.62. The van der Waals surface area contributed by atoms with Gasteiger partial charge in [0.1, 0.15) is 0 Å². The van der Waals surface area contributed by atoms with Gasteiger partial charge < -0.3 is 0 Å². The molecule has 0 aliphatic heterocycles. The fourth-order valence-corrected chi connectivity index (χ4v) is 18.1. The second-order valence-electron chi connectivity index (χ2n) is 9.65. The van der Waals surface area contributed by atoms with Gasteiger partial charge in [-0.2, -0.15) is 0 Å². The van der Waals surface area contributed by atoms with Gasteiger partial charge in [0.2, 0.25) is 0 Å². The van der Waals surface area contributed by atoms with E-state index in [1.807, 2.05) is 121 Å². The molecule has 1 unspecified atom stereocenters. The second kappa shape index (κ2) is 15.8. The number of hydrogen-bond donors (Lipinski definition) is 1. The first kappa shape index (κ1) is 29.4. The molecule has 39 heavy (non-hydrogen) atoms. The van der Waals surface area contributed by atoms with Crippen molar-refractivity contribution < 1.29 is 20.8 Å². The fourth-order valence-electron chi connectivity index (χ4n) is 4.54. The third-order valence-corrected chi connectivity index (χ3v) is 20.3. The van der Waals surface area contributed by atoms with Crippen LogP contribution in [0, 0.1) is 0 Å². The molecule has 0 saturated carbocycles. The number of aliphatic hydroxyl groups excluding tert-OH is 1. The topological polar surface area (TPSA) is 72.8 Å². The van der Waals surface area contributed by atoms with Crippen LogP contribution in [0.25, 0.3) is 0 Å². The van der Waals surface area contributed by atoms with Crippen molar-refractivity contribution >= 4 is 52.3 Å². The monoisotopic (exact) mass is 738 g/mol. The van der Waals surface area contributed by atoms with Crippen LogP contribution in [0.15, 0.2) is 121 Å². The fraction of sp³-hybridized carbons (Fsp3) is 0.188. The Morgan fingerprint density at radius 1 is 0.538 bits per heavy atom. The van der Waals surface area contributed by atoms with Crippen LogP contribution < -0.4 is 0 Å². The maximum atomic E-state index is 12.9. The van der Waals surface area contributed by atoms with Crippen LogP contribution >= 0.6 is 0 Å². The third-order valence-electron chi connectivity index (χ3n) is 6.44. The summed E-state index contributed by atoms with van der Waals surface area (Å²) in [6, 6.07) is 40.0. The first-order chi connectivity index (χ1) is 19.0. The summed E-state index contributed by atoms with van der Waals surface area (Å²) < 4.78 is 14.9. The van der Waals surface area contributed by atoms with Gasteiger partial charge in [0, 0.05) is 0 Å². The van der Waals surface area contributed by atoms with Crippen LogP contribution in [0.1, 0.15) is 28.7 Å². The zero-order valence-corrected chi connectivity index (χ0v) is 28.5. The van der Waals surface area contributed by atoms with E-state index in [9.17, 15) is 14.7 Å². The van der Waals surface area contributed by atoms with E-state index in [0.29, 0.717) is 8.87 Å². The van der Waals surface area contributed by atoms with Gasteiger partial charge in [-0.1, -0.05) is 0 Å². The normalized spacial score (nSPS) is 11.8. The van der Waals surface area contributed by atoms with Gasteiger partial charge >= 0.3 is 247 Å². The molecule has 0 aromatic heterocycles. The molecule has 0 heterocycles. The first-order valence-electron chi connectivity index (χ1n) is 13.3. The van der Waals surface area contributed by atoms with Crippen molar-refractivity contribution in [3.8, 4) is 0 Å². The SMILES string of the molecule is O=C(CC(O)C(=O)[O][SnH]([CH2]c1ccccc1)[CH2]c1ccccc1)[O][SnH]([CH2]c1ccccc1)[CH2]c1ccccc1. The Labute approximate surface area is 245 Å². The van der Waals surface area contributed by atoms with Crippen molar-refractivity contribution in [1.29, 1.82) is 0 Å².